The van der Waals surface area contributed by atoms with Gasteiger partial charge in [0.25, 0.3) is 0 Å². The van der Waals surface area contributed by atoms with Crippen LogP contribution in [0.5, 0.6) is 0 Å². The minimum atomic E-state index is -2.16. The van der Waals surface area contributed by atoms with Gasteiger partial charge in [-0.15, -0.1) is 0 Å². The van der Waals surface area contributed by atoms with E-state index in [2.05, 4.69) is 4.66 Å². The van der Waals surface area contributed by atoms with Gasteiger partial charge >= 0.3 is 6.53 Å². The molecule has 0 amide bonds. The van der Waals surface area contributed by atoms with Gasteiger partial charge in [-0.05, 0) is 6.55 Å². The summed E-state index contributed by atoms with van der Waals surface area (Å²) >= 11 is 2.35. The van der Waals surface area contributed by atoms with Gasteiger partial charge in [0.05, 0.1) is 0 Å². The van der Waals surface area contributed by atoms with Crippen LogP contribution in [0, 0.1) is 0 Å². The Morgan fingerprint density at radius 1 is 1.36 bits per heavy atom. The van der Waals surface area contributed by atoms with Crippen molar-refractivity contribution in [2.45, 2.75) is 6.55 Å². The molecule has 0 radical (unpaired) electrons. The van der Waals surface area contributed by atoms with Crippen LogP contribution in [-0.4, -0.2) is 26.8 Å². The summed E-state index contributed by atoms with van der Waals surface area (Å²) in [5.41, 5.74) is 0. The van der Waals surface area contributed by atoms with Crippen molar-refractivity contribution < 1.29 is 13.2 Å². The first-order valence-corrected chi connectivity index (χ1v) is 8.09. The molecule has 0 heterocycles. The molecule has 0 aliphatic heterocycles. The molecule has 7 heteroatoms. The normalized spacial score (nSPS) is 10.8. The molecule has 0 atom stereocenters. The second-order valence-corrected chi connectivity index (χ2v) is 11.2. The zero-order valence-electron chi connectivity index (χ0n) is 6.49. The van der Waals surface area contributed by atoms with Crippen LogP contribution in [0.1, 0.15) is 0 Å². The zero-order chi connectivity index (χ0) is 8.74. The molecule has 0 aliphatic rings. The number of rotatable bonds is 5. The third kappa shape index (κ3) is 4.62. The molecule has 0 aliphatic carbocycles. The lowest BCUT2D eigenvalue weighted by molar-refractivity contribution is 0.492. The van der Waals surface area contributed by atoms with E-state index >= 15 is 0 Å². The highest BCUT2D eigenvalue weighted by atomic mass is 32.6. The Bertz CT molecular complexity index is 155. The topological polar surface area (TPSA) is 47.9 Å². The smallest absolute Gasteiger partial charge is 0.322 e. The Hall–Kier alpha value is 0.217. The summed E-state index contributed by atoms with van der Waals surface area (Å²) in [6, 6.07) is 0. The molecule has 0 saturated carbocycles. The highest BCUT2D eigenvalue weighted by Crippen LogP contribution is 2.33. The lowest BCUT2D eigenvalue weighted by atomic mass is 11.7. The maximum Gasteiger partial charge on any atom is 0.368 e. The fourth-order valence-electron chi connectivity index (χ4n) is 0.443. The molecular weight excluding hydrogens is 202 g/mol. The zero-order valence-corrected chi connectivity index (χ0v) is 9.12. The van der Waals surface area contributed by atoms with Gasteiger partial charge in [-0.1, -0.05) is 0 Å². The molecule has 0 aromatic carbocycles. The van der Waals surface area contributed by atoms with E-state index < -0.39 is 6.53 Å². The third-order valence-electron chi connectivity index (χ3n) is 0.725. The summed E-state index contributed by atoms with van der Waals surface area (Å²) in [4.78, 5) is 9.98. The van der Waals surface area contributed by atoms with E-state index in [1.165, 1.54) is 43.3 Å². The Balaban J connectivity index is 4.11. The van der Waals surface area contributed by atoms with E-state index in [1.54, 1.807) is 0 Å². The van der Waals surface area contributed by atoms with Gasteiger partial charge < -0.3 is 8.37 Å². The molecule has 11 heavy (non-hydrogen) atoms. The quantitative estimate of drug-likeness (QED) is 0.298. The van der Waals surface area contributed by atoms with Gasteiger partial charge in [0.1, 0.15) is 0 Å². The first-order chi connectivity index (χ1) is 5.18. The second kappa shape index (κ2) is 5.82. The van der Waals surface area contributed by atoms with E-state index in [0.717, 1.165) is 0 Å². The van der Waals surface area contributed by atoms with Crippen molar-refractivity contribution in [1.82, 2.24) is 0 Å². The molecular formula is C4H9NO3S2Si. The molecule has 0 spiro atoms. The number of carbonyl (C=O) groups excluding carboxylic acids is 1. The van der Waals surface area contributed by atoms with Gasteiger partial charge in [0.2, 0.25) is 6.08 Å². The van der Waals surface area contributed by atoms with Crippen molar-refractivity contribution in [2.75, 3.05) is 14.2 Å². The third-order valence-corrected chi connectivity index (χ3v) is 6.80. The van der Waals surface area contributed by atoms with E-state index in [9.17, 15) is 4.79 Å². The second-order valence-electron chi connectivity index (χ2n) is 1.60. The molecule has 0 unspecified atom stereocenters. The van der Waals surface area contributed by atoms with Crippen LogP contribution in [-0.2, 0) is 13.2 Å². The number of hydrogen-bond acceptors (Lipinski definition) is 6. The van der Waals surface area contributed by atoms with Gasteiger partial charge in [-0.25, -0.2) is 9.45 Å². The minimum absolute atomic E-state index is 1.18. The van der Waals surface area contributed by atoms with Crippen molar-refractivity contribution in [3.05, 3.63) is 0 Å². The van der Waals surface area contributed by atoms with E-state index in [1.807, 2.05) is 6.55 Å². The van der Waals surface area contributed by atoms with E-state index in [4.69, 9.17) is 8.37 Å². The molecule has 0 bridgehead atoms. The average Bonchev–Trinajstić information content (AvgIpc) is 1.88. The molecule has 0 fully saturated rings. The number of isocyanates is 1. The van der Waals surface area contributed by atoms with Crippen LogP contribution in [0.15, 0.2) is 4.66 Å². The van der Waals surface area contributed by atoms with Gasteiger partial charge in [-0.3, -0.25) is 0 Å². The predicted octanol–water partition coefficient (Wildman–Crippen LogP) is 1.48. The molecule has 64 valence electrons. The summed E-state index contributed by atoms with van der Waals surface area (Å²) in [5, 5.41) is 0. The SMILES string of the molecule is COS[Si](C)(N=C=O)SOC. The van der Waals surface area contributed by atoms with Crippen molar-refractivity contribution in [3.8, 4) is 0 Å². The molecule has 0 aromatic rings. The first kappa shape index (κ1) is 11.2. The van der Waals surface area contributed by atoms with E-state index in [0.29, 0.717) is 0 Å². The number of nitrogens with zero attached hydrogens (tertiary/aromatic N) is 1. The molecule has 0 N–H and O–H groups in total. The molecule has 0 saturated heterocycles. The predicted molar refractivity (Wildman–Crippen MR) is 48.9 cm³/mol. The summed E-state index contributed by atoms with van der Waals surface area (Å²) in [6.45, 7) is -0.326. The molecule has 0 rings (SSSR count). The van der Waals surface area contributed by atoms with Crippen LogP contribution < -0.4 is 0 Å². The van der Waals surface area contributed by atoms with Gasteiger partial charge in [-0.2, -0.15) is 0 Å². The fourth-order valence-corrected chi connectivity index (χ4v) is 5.19. The van der Waals surface area contributed by atoms with Crippen LogP contribution in [0.2, 0.25) is 6.55 Å². The summed E-state index contributed by atoms with van der Waals surface area (Å²) < 4.78 is 13.3. The Morgan fingerprint density at radius 3 is 2.09 bits per heavy atom. The fraction of sp³-hybridized carbons (Fsp3) is 0.750. The maximum atomic E-state index is 9.98. The monoisotopic (exact) mass is 211 g/mol. The summed E-state index contributed by atoms with van der Waals surface area (Å²) in [5.74, 6) is 0. The van der Waals surface area contributed by atoms with Crippen molar-refractivity contribution in [2.24, 2.45) is 4.66 Å². The van der Waals surface area contributed by atoms with Crippen molar-refractivity contribution in [1.29, 1.82) is 0 Å². The average molecular weight is 211 g/mol. The van der Waals surface area contributed by atoms with E-state index in [-0.39, 0.29) is 0 Å². The lowest BCUT2D eigenvalue weighted by Gasteiger charge is -2.13. The Kier molecular flexibility index (Phi) is 5.93. The Labute approximate surface area is 74.5 Å². The van der Waals surface area contributed by atoms with Crippen molar-refractivity contribution in [3.63, 3.8) is 0 Å². The highest BCUT2D eigenvalue weighted by molar-refractivity contribution is 8.55. The van der Waals surface area contributed by atoms with Crippen LogP contribution in [0.25, 0.3) is 0 Å². The Morgan fingerprint density at radius 2 is 1.82 bits per heavy atom. The highest BCUT2D eigenvalue weighted by Gasteiger charge is 2.32. The lowest BCUT2D eigenvalue weighted by Crippen LogP contribution is -2.18. The van der Waals surface area contributed by atoms with Crippen LogP contribution in [0.4, 0.5) is 0 Å². The maximum absolute atomic E-state index is 9.98. The van der Waals surface area contributed by atoms with Crippen molar-refractivity contribution >= 4 is 35.6 Å². The van der Waals surface area contributed by atoms with Gasteiger partial charge in [0.15, 0.2) is 0 Å². The largest absolute Gasteiger partial charge is 0.368 e. The molecule has 0 aromatic heterocycles. The summed E-state index contributed by atoms with van der Waals surface area (Å²) in [7, 11) is 3.07. The van der Waals surface area contributed by atoms with Crippen LogP contribution in [0.3, 0.4) is 0 Å². The minimum Gasteiger partial charge on any atom is -0.322 e. The number of hydrogen-bond donors (Lipinski definition) is 0. The van der Waals surface area contributed by atoms with Crippen LogP contribution >= 0.6 is 23.0 Å². The van der Waals surface area contributed by atoms with Gasteiger partial charge in [0, 0.05) is 37.2 Å². The molecule has 4 nitrogen and oxygen atoms in total. The first-order valence-electron chi connectivity index (χ1n) is 2.71. The summed E-state index contributed by atoms with van der Waals surface area (Å²) in [6.07, 6.45) is 1.51. The standard InChI is InChI=1S/C4H9NO3S2Si/c1-7-9-11(3,5-4-6)10-8-2/h1-3H3.